The van der Waals surface area contributed by atoms with Crippen LogP contribution in [-0.4, -0.2) is 57.7 Å². The van der Waals surface area contributed by atoms with Crippen molar-refractivity contribution in [2.24, 2.45) is 5.41 Å². The zero-order valence-corrected chi connectivity index (χ0v) is 22.0. The number of benzene rings is 1. The number of halogens is 2. The predicted molar refractivity (Wildman–Crippen MR) is 142 cm³/mol. The Balaban J connectivity index is 1.35. The maximum absolute atomic E-state index is 15.7. The van der Waals surface area contributed by atoms with Gasteiger partial charge in [0.2, 0.25) is 0 Å². The fourth-order valence-electron chi connectivity index (χ4n) is 5.38. The molecule has 1 aliphatic rings. The molecule has 9 heteroatoms. The number of aryl methyl sites for hydroxylation is 1. The number of fused-ring (bicyclic) bond motifs is 1. The number of aromatic nitrogens is 3. The Morgan fingerprint density at radius 3 is 2.73 bits per heavy atom. The minimum atomic E-state index is -1.32. The number of methoxy groups -OCH3 is 1. The molecule has 0 saturated carbocycles. The van der Waals surface area contributed by atoms with Crippen LogP contribution in [0.25, 0.3) is 10.9 Å². The van der Waals surface area contributed by atoms with E-state index in [0.29, 0.717) is 28.6 Å². The number of pyridine rings is 1. The average Bonchev–Trinajstić information content (AvgIpc) is 2.90. The number of ether oxygens (including phenoxy) is 1. The van der Waals surface area contributed by atoms with Crippen molar-refractivity contribution in [2.75, 3.05) is 26.7 Å². The number of carboxylic acids is 1. The van der Waals surface area contributed by atoms with Crippen molar-refractivity contribution in [3.8, 4) is 5.75 Å². The highest BCUT2D eigenvalue weighted by molar-refractivity contribution is 6.32. The highest BCUT2D eigenvalue weighted by atomic mass is 35.5. The fraction of sp³-hybridized carbons (Fsp3) is 0.500. The number of aliphatic carboxylic acids is 1. The minimum absolute atomic E-state index is 0.0544. The molecule has 3 aromatic rings. The lowest BCUT2D eigenvalue weighted by molar-refractivity contribution is -0.141. The fourth-order valence-corrected chi connectivity index (χ4v) is 5.65. The molecular weight excluding hydrogens is 495 g/mol. The molecule has 1 aromatic carbocycles. The van der Waals surface area contributed by atoms with Gasteiger partial charge in [-0.2, -0.15) is 0 Å². The normalized spacial score (nSPS) is 16.5. The van der Waals surface area contributed by atoms with E-state index in [-0.39, 0.29) is 17.9 Å². The van der Waals surface area contributed by atoms with Gasteiger partial charge in [0.05, 0.1) is 29.8 Å². The van der Waals surface area contributed by atoms with E-state index in [2.05, 4.69) is 19.9 Å². The first kappa shape index (κ1) is 27.2. The molecule has 1 saturated heterocycles. The summed E-state index contributed by atoms with van der Waals surface area (Å²) in [6.45, 7) is 2.62. The summed E-state index contributed by atoms with van der Waals surface area (Å²) in [5.41, 5.74) is 1.63. The van der Waals surface area contributed by atoms with Gasteiger partial charge in [-0.15, -0.1) is 0 Å². The van der Waals surface area contributed by atoms with E-state index in [4.69, 9.17) is 16.3 Å². The molecule has 0 radical (unpaired) electrons. The highest BCUT2D eigenvalue weighted by Gasteiger charge is 2.37. The van der Waals surface area contributed by atoms with Gasteiger partial charge in [-0.1, -0.05) is 11.6 Å². The van der Waals surface area contributed by atoms with Crippen LogP contribution in [0.2, 0.25) is 5.02 Å². The van der Waals surface area contributed by atoms with Crippen molar-refractivity contribution in [3.05, 3.63) is 59.3 Å². The van der Waals surface area contributed by atoms with E-state index in [0.717, 1.165) is 57.4 Å². The van der Waals surface area contributed by atoms with Gasteiger partial charge in [0, 0.05) is 35.7 Å². The lowest BCUT2D eigenvalue weighted by Crippen LogP contribution is -2.41. The number of carbonyl (C=O) groups is 1. The number of unbranched alkanes of at least 4 members (excludes halogenated alkanes) is 1. The van der Waals surface area contributed by atoms with Gasteiger partial charge >= 0.3 is 5.97 Å². The second-order valence-corrected chi connectivity index (χ2v) is 10.4. The summed E-state index contributed by atoms with van der Waals surface area (Å²) in [4.78, 5) is 26.9. The second-order valence-electron chi connectivity index (χ2n) is 9.98. The van der Waals surface area contributed by atoms with Gasteiger partial charge in [-0.05, 0) is 88.2 Å². The van der Waals surface area contributed by atoms with Crippen LogP contribution in [0.5, 0.6) is 5.75 Å². The van der Waals surface area contributed by atoms with Crippen molar-refractivity contribution >= 4 is 28.5 Å². The van der Waals surface area contributed by atoms with Crippen LogP contribution >= 0.6 is 11.6 Å². The van der Waals surface area contributed by atoms with Crippen molar-refractivity contribution in [1.82, 2.24) is 19.9 Å². The van der Waals surface area contributed by atoms with E-state index in [1.54, 1.807) is 43.9 Å². The summed E-state index contributed by atoms with van der Waals surface area (Å²) < 4.78 is 21.0. The predicted octanol–water partition coefficient (Wildman–Crippen LogP) is 6.06. The first-order chi connectivity index (χ1) is 17.9. The summed E-state index contributed by atoms with van der Waals surface area (Å²) >= 11 is 6.40. The minimum Gasteiger partial charge on any atom is -0.497 e. The molecule has 0 bridgehead atoms. The third kappa shape index (κ3) is 7.14. The van der Waals surface area contributed by atoms with E-state index in [1.807, 2.05) is 0 Å². The van der Waals surface area contributed by atoms with Crippen molar-refractivity contribution < 1.29 is 19.0 Å². The van der Waals surface area contributed by atoms with Gasteiger partial charge in [0.15, 0.2) is 0 Å². The molecule has 1 atom stereocenters. The third-order valence-corrected chi connectivity index (χ3v) is 7.83. The SMILES string of the molecule is COc1ccc2ncc(Cl)c([C@@H](F)CCC3(CC(=O)O)CCN(CCCCc4cnccn4)CC3)c2c1. The van der Waals surface area contributed by atoms with Crippen molar-refractivity contribution in [3.63, 3.8) is 0 Å². The molecule has 37 heavy (non-hydrogen) atoms. The van der Waals surface area contributed by atoms with Gasteiger partial charge in [-0.25, -0.2) is 4.39 Å². The monoisotopic (exact) mass is 528 g/mol. The summed E-state index contributed by atoms with van der Waals surface area (Å²) in [6.07, 6.45) is 10.6. The van der Waals surface area contributed by atoms with Gasteiger partial charge in [-0.3, -0.25) is 19.7 Å². The summed E-state index contributed by atoms with van der Waals surface area (Å²) in [5.74, 6) is -0.221. The largest absolute Gasteiger partial charge is 0.497 e. The Hall–Kier alpha value is -2.84. The van der Waals surface area contributed by atoms with Crippen LogP contribution < -0.4 is 4.74 Å². The quantitative estimate of drug-likeness (QED) is 0.286. The number of carboxylic acid groups (broad SMARTS) is 1. The number of alkyl halides is 1. The number of hydrogen-bond donors (Lipinski definition) is 1. The summed E-state index contributed by atoms with van der Waals surface area (Å²) in [5, 5.41) is 10.5. The molecular formula is C28H34ClFN4O3. The average molecular weight is 529 g/mol. The standard InChI is InChI=1S/C28H34ClFN4O3/c1-37-21-5-6-25-22(16-21)27(23(29)19-33-25)24(30)7-8-28(17-26(35)36)9-14-34(15-10-28)13-3-2-4-20-18-31-11-12-32-20/h5-6,11-12,16,18-19,24H,2-4,7-10,13-15,17H2,1H3,(H,35,36)/t24-/m0/s1. The molecule has 7 nitrogen and oxygen atoms in total. The Labute approximate surface area is 222 Å². The van der Waals surface area contributed by atoms with Crippen LogP contribution in [-0.2, 0) is 11.2 Å². The lowest BCUT2D eigenvalue weighted by atomic mass is 9.71. The molecule has 0 aliphatic carbocycles. The Kier molecular flexibility index (Phi) is 9.27. The van der Waals surface area contributed by atoms with Crippen molar-refractivity contribution in [2.45, 2.75) is 57.5 Å². The number of nitrogens with zero attached hydrogens (tertiary/aromatic N) is 4. The first-order valence-electron chi connectivity index (χ1n) is 12.8. The smallest absolute Gasteiger partial charge is 0.303 e. The van der Waals surface area contributed by atoms with Gasteiger partial charge in [0.25, 0.3) is 0 Å². The van der Waals surface area contributed by atoms with E-state index < -0.39 is 17.6 Å². The summed E-state index contributed by atoms with van der Waals surface area (Å²) in [7, 11) is 1.56. The Bertz CT molecular complexity index is 1190. The van der Waals surface area contributed by atoms with Crippen LogP contribution in [0.15, 0.2) is 43.0 Å². The van der Waals surface area contributed by atoms with Crippen LogP contribution in [0.3, 0.4) is 0 Å². The van der Waals surface area contributed by atoms with Gasteiger partial charge < -0.3 is 14.7 Å². The van der Waals surface area contributed by atoms with E-state index >= 15 is 4.39 Å². The topological polar surface area (TPSA) is 88.4 Å². The molecule has 0 unspecified atom stereocenters. The highest BCUT2D eigenvalue weighted by Crippen LogP contribution is 2.44. The number of hydrogen-bond acceptors (Lipinski definition) is 6. The molecule has 0 amide bonds. The van der Waals surface area contributed by atoms with Crippen molar-refractivity contribution in [1.29, 1.82) is 0 Å². The number of rotatable bonds is 12. The molecule has 198 valence electrons. The third-order valence-electron chi connectivity index (χ3n) is 7.53. The van der Waals surface area contributed by atoms with Crippen LogP contribution in [0.4, 0.5) is 4.39 Å². The van der Waals surface area contributed by atoms with Crippen LogP contribution in [0.1, 0.15) is 62.4 Å². The first-order valence-corrected chi connectivity index (χ1v) is 13.2. The Morgan fingerprint density at radius 2 is 2.03 bits per heavy atom. The summed E-state index contributed by atoms with van der Waals surface area (Å²) in [6, 6.07) is 5.33. The van der Waals surface area contributed by atoms with E-state index in [1.165, 1.54) is 6.20 Å². The Morgan fingerprint density at radius 1 is 1.22 bits per heavy atom. The number of piperidine rings is 1. The maximum atomic E-state index is 15.7. The zero-order chi connectivity index (χ0) is 26.3. The molecule has 1 aliphatic heterocycles. The molecule has 4 rings (SSSR count). The second kappa shape index (κ2) is 12.6. The lowest BCUT2D eigenvalue weighted by Gasteiger charge is -2.41. The van der Waals surface area contributed by atoms with Gasteiger partial charge in [0.1, 0.15) is 11.9 Å². The molecule has 1 fully saturated rings. The van der Waals surface area contributed by atoms with Crippen LogP contribution in [0, 0.1) is 5.41 Å². The number of likely N-dealkylation sites (tertiary alicyclic amines) is 1. The molecule has 3 heterocycles. The maximum Gasteiger partial charge on any atom is 0.303 e. The molecule has 1 N–H and O–H groups in total. The molecule has 2 aromatic heterocycles. The zero-order valence-electron chi connectivity index (χ0n) is 21.2. The van der Waals surface area contributed by atoms with E-state index in [9.17, 15) is 9.90 Å². The molecule has 0 spiro atoms.